The van der Waals surface area contributed by atoms with Gasteiger partial charge in [0.15, 0.2) is 0 Å². The van der Waals surface area contributed by atoms with E-state index in [2.05, 4.69) is 58.3 Å². The number of benzene rings is 7. The summed E-state index contributed by atoms with van der Waals surface area (Å²) in [5.41, 5.74) is 10.1. The van der Waals surface area contributed by atoms with E-state index in [9.17, 15) is 13.2 Å². The van der Waals surface area contributed by atoms with Crippen LogP contribution in [0.15, 0.2) is 133 Å². The van der Waals surface area contributed by atoms with Crippen LogP contribution < -0.4 is 30.9 Å². The lowest BCUT2D eigenvalue weighted by molar-refractivity contribution is -0.274. The molecule has 7 aromatic carbocycles. The van der Waals surface area contributed by atoms with Gasteiger partial charge in [0.2, 0.25) is 0 Å². The van der Waals surface area contributed by atoms with Gasteiger partial charge in [-0.2, -0.15) is 0 Å². The van der Waals surface area contributed by atoms with Crippen LogP contribution >= 0.6 is 0 Å². The van der Waals surface area contributed by atoms with E-state index in [1.54, 1.807) is 12.1 Å². The first-order chi connectivity index (χ1) is 23.3. The van der Waals surface area contributed by atoms with E-state index in [-0.39, 0.29) is 12.5 Å². The van der Waals surface area contributed by atoms with Crippen LogP contribution in [0, 0.1) is 13.8 Å². The zero-order valence-electron chi connectivity index (χ0n) is 26.2. The van der Waals surface area contributed by atoms with Crippen LogP contribution in [0.4, 0.5) is 47.3 Å². The third-order valence-electron chi connectivity index (χ3n) is 9.76. The summed E-state index contributed by atoms with van der Waals surface area (Å²) in [5.74, 6) is -0.264. The Bertz CT molecular complexity index is 2280. The summed E-state index contributed by atoms with van der Waals surface area (Å²) in [5, 5.41) is 4.15. The molecule has 232 valence electrons. The second-order valence-corrected chi connectivity index (χ2v) is 12.5. The fourth-order valence-electron chi connectivity index (χ4n) is 7.81. The number of ether oxygens (including phenoxy) is 1. The highest BCUT2D eigenvalue weighted by Gasteiger charge is 2.45. The predicted octanol–water partition coefficient (Wildman–Crippen LogP) is 9.59. The molecule has 0 spiro atoms. The lowest BCUT2D eigenvalue weighted by atomic mass is 9.33. The molecule has 0 unspecified atom stereocenters. The Morgan fingerprint density at radius 1 is 0.521 bits per heavy atom. The molecule has 48 heavy (non-hydrogen) atoms. The molecule has 0 aliphatic carbocycles. The maximum absolute atomic E-state index is 14.1. The second kappa shape index (κ2) is 10.4. The fourth-order valence-corrected chi connectivity index (χ4v) is 7.81. The maximum atomic E-state index is 14.1. The third kappa shape index (κ3) is 4.23. The van der Waals surface area contributed by atoms with Crippen LogP contribution in [-0.2, 0) is 0 Å². The molecule has 0 radical (unpaired) electrons. The third-order valence-corrected chi connectivity index (χ3v) is 9.76. The molecule has 2 heterocycles. The first kappa shape index (κ1) is 28.5. The number of aryl methyl sites for hydroxylation is 2. The molecular formula is C41H28BF3N2O. The Labute approximate surface area is 276 Å². The van der Waals surface area contributed by atoms with Crippen molar-refractivity contribution in [3.63, 3.8) is 0 Å². The first-order valence-electron chi connectivity index (χ1n) is 16.0. The molecule has 3 nitrogen and oxygen atoms in total. The van der Waals surface area contributed by atoms with E-state index in [1.165, 1.54) is 0 Å². The molecule has 9 rings (SSSR count). The van der Waals surface area contributed by atoms with Crippen molar-refractivity contribution in [1.29, 1.82) is 0 Å². The summed E-state index contributed by atoms with van der Waals surface area (Å²) < 4.78 is 47.1. The van der Waals surface area contributed by atoms with Gasteiger partial charge in [0.05, 0.1) is 0 Å². The number of anilines is 6. The highest BCUT2D eigenvalue weighted by molar-refractivity contribution is 7.00. The average Bonchev–Trinajstić information content (AvgIpc) is 3.08. The molecule has 0 saturated carbocycles. The number of nitrogens with zero attached hydrogens (tertiary/aromatic N) is 2. The Hall–Kier alpha value is -5.69. The van der Waals surface area contributed by atoms with E-state index in [0.29, 0.717) is 11.4 Å². The van der Waals surface area contributed by atoms with E-state index in [0.717, 1.165) is 71.8 Å². The van der Waals surface area contributed by atoms with Gasteiger partial charge in [-0.1, -0.05) is 109 Å². The summed E-state index contributed by atoms with van der Waals surface area (Å²) in [6, 6.07) is 44.3. The van der Waals surface area contributed by atoms with Gasteiger partial charge in [-0.15, -0.1) is 13.2 Å². The van der Waals surface area contributed by atoms with Crippen molar-refractivity contribution in [2.24, 2.45) is 0 Å². The van der Waals surface area contributed by atoms with Crippen molar-refractivity contribution in [3.8, 4) is 5.75 Å². The van der Waals surface area contributed by atoms with E-state index < -0.39 is 6.36 Å². The molecule has 0 atom stereocenters. The Balaban J connectivity index is 1.49. The minimum Gasteiger partial charge on any atom is -0.406 e. The zero-order chi connectivity index (χ0) is 32.7. The summed E-state index contributed by atoms with van der Waals surface area (Å²) in [4.78, 5) is 4.29. The van der Waals surface area contributed by atoms with Gasteiger partial charge in [-0.05, 0) is 64.3 Å². The molecule has 2 aliphatic rings. The summed E-state index contributed by atoms with van der Waals surface area (Å²) in [6.45, 7) is 3.82. The van der Waals surface area contributed by atoms with Crippen LogP contribution in [0.2, 0.25) is 0 Å². The molecule has 0 aromatic heterocycles. The topological polar surface area (TPSA) is 15.7 Å². The number of hydrogen-bond acceptors (Lipinski definition) is 3. The fraction of sp³-hybridized carbons (Fsp3) is 0.0732. The maximum Gasteiger partial charge on any atom is 0.573 e. The Morgan fingerprint density at radius 3 is 1.42 bits per heavy atom. The monoisotopic (exact) mass is 632 g/mol. The number of hydrogen-bond donors (Lipinski definition) is 0. The number of fused-ring (bicyclic) bond motifs is 8. The Kier molecular flexibility index (Phi) is 6.19. The van der Waals surface area contributed by atoms with Crippen molar-refractivity contribution >= 4 is 78.8 Å². The van der Waals surface area contributed by atoms with E-state index in [1.807, 2.05) is 86.6 Å². The van der Waals surface area contributed by atoms with E-state index >= 15 is 0 Å². The first-order valence-corrected chi connectivity index (χ1v) is 16.0. The number of halogens is 3. The minimum absolute atomic E-state index is 0.255. The van der Waals surface area contributed by atoms with Crippen LogP contribution in [0.3, 0.4) is 0 Å². The van der Waals surface area contributed by atoms with Gasteiger partial charge in [0.25, 0.3) is 6.71 Å². The predicted molar refractivity (Wildman–Crippen MR) is 192 cm³/mol. The number of para-hydroxylation sites is 2. The Morgan fingerprint density at radius 2 is 0.958 bits per heavy atom. The summed E-state index contributed by atoms with van der Waals surface area (Å²) in [7, 11) is 0. The van der Waals surface area contributed by atoms with Crippen molar-refractivity contribution in [2.75, 3.05) is 9.80 Å². The van der Waals surface area contributed by atoms with Crippen LogP contribution in [0.1, 0.15) is 11.1 Å². The largest absolute Gasteiger partial charge is 0.573 e. The normalized spacial score (nSPS) is 13.4. The SMILES string of the molecule is Cc1ccccc1N1c2cc(OC(F)(F)F)cc3c2B(c2ccc4ccccc4c21)c1ccc2ccccc2c1N3c1ccccc1C. The highest BCUT2D eigenvalue weighted by Crippen LogP contribution is 2.49. The number of alkyl halides is 3. The quantitative estimate of drug-likeness (QED) is 0.181. The standard InChI is InChI=1S/C41H28BF3N2O/c1-25-11-3-9-17-34(25)46-36-23-29(48-41(43,44)45)24-37-38(36)42(32-21-19-27-13-5-7-15-30(27)39(32)46)33-22-20-28-14-6-8-16-31(28)40(33)47(37)35-18-10-4-12-26(35)2/h3-24H,1-2H3. The zero-order valence-corrected chi connectivity index (χ0v) is 26.2. The molecule has 7 heteroatoms. The second-order valence-electron chi connectivity index (χ2n) is 12.5. The molecule has 0 bridgehead atoms. The lowest BCUT2D eigenvalue weighted by Gasteiger charge is -2.45. The molecule has 7 aromatic rings. The molecule has 0 saturated heterocycles. The van der Waals surface area contributed by atoms with Gasteiger partial charge in [-0.25, -0.2) is 0 Å². The van der Waals surface area contributed by atoms with Gasteiger partial charge in [0, 0.05) is 57.0 Å². The van der Waals surface area contributed by atoms with Crippen molar-refractivity contribution < 1.29 is 17.9 Å². The van der Waals surface area contributed by atoms with Crippen LogP contribution in [-0.4, -0.2) is 13.1 Å². The average molecular weight is 632 g/mol. The van der Waals surface area contributed by atoms with Gasteiger partial charge in [-0.3, -0.25) is 0 Å². The van der Waals surface area contributed by atoms with Gasteiger partial charge >= 0.3 is 6.36 Å². The minimum atomic E-state index is -4.88. The van der Waals surface area contributed by atoms with E-state index in [4.69, 9.17) is 4.74 Å². The summed E-state index contributed by atoms with van der Waals surface area (Å²) >= 11 is 0. The van der Waals surface area contributed by atoms with Crippen LogP contribution in [0.25, 0.3) is 21.5 Å². The molecular weight excluding hydrogens is 604 g/mol. The molecule has 2 aliphatic heterocycles. The van der Waals surface area contributed by atoms with Gasteiger partial charge < -0.3 is 14.5 Å². The number of rotatable bonds is 3. The molecule has 0 fully saturated rings. The van der Waals surface area contributed by atoms with Crippen molar-refractivity contribution in [3.05, 3.63) is 145 Å². The summed E-state index contributed by atoms with van der Waals surface area (Å²) in [6.07, 6.45) is -4.88. The smallest absolute Gasteiger partial charge is 0.406 e. The highest BCUT2D eigenvalue weighted by atomic mass is 19.4. The van der Waals surface area contributed by atoms with Crippen LogP contribution in [0.5, 0.6) is 5.75 Å². The molecule has 0 amide bonds. The van der Waals surface area contributed by atoms with Crippen molar-refractivity contribution in [1.82, 2.24) is 0 Å². The molecule has 0 N–H and O–H groups in total. The van der Waals surface area contributed by atoms with Gasteiger partial charge in [0.1, 0.15) is 5.75 Å². The lowest BCUT2D eigenvalue weighted by Crippen LogP contribution is -2.61. The van der Waals surface area contributed by atoms with Crippen molar-refractivity contribution in [2.45, 2.75) is 20.2 Å².